The van der Waals surface area contributed by atoms with Crippen LogP contribution < -0.4 is 5.32 Å². The fourth-order valence-corrected chi connectivity index (χ4v) is 2.12. The third kappa shape index (κ3) is 4.13. The van der Waals surface area contributed by atoms with Crippen molar-refractivity contribution >= 4 is 11.6 Å². The van der Waals surface area contributed by atoms with Gasteiger partial charge in [-0.2, -0.15) is 0 Å². The van der Waals surface area contributed by atoms with Crippen LogP contribution in [0.25, 0.3) is 0 Å². The molecule has 1 aromatic rings. The van der Waals surface area contributed by atoms with Gasteiger partial charge in [0.1, 0.15) is 12.4 Å². The molecule has 0 aromatic carbocycles. The lowest BCUT2D eigenvalue weighted by Gasteiger charge is -2.30. The molecular weight excluding hydrogens is 246 g/mol. The van der Waals surface area contributed by atoms with Gasteiger partial charge in [-0.25, -0.2) is 9.97 Å². The van der Waals surface area contributed by atoms with Crippen molar-refractivity contribution in [3.8, 4) is 0 Å². The van der Waals surface area contributed by atoms with Crippen LogP contribution in [0.15, 0.2) is 12.4 Å². The lowest BCUT2D eigenvalue weighted by Crippen LogP contribution is -2.36. The number of anilines is 1. The first-order chi connectivity index (χ1) is 9.15. The highest BCUT2D eigenvalue weighted by Gasteiger charge is 2.15. The Balaban J connectivity index is 1.72. The van der Waals surface area contributed by atoms with Crippen LogP contribution in [0.3, 0.4) is 0 Å². The van der Waals surface area contributed by atoms with Crippen LogP contribution in [0.5, 0.6) is 0 Å². The van der Waals surface area contributed by atoms with Gasteiger partial charge in [0.05, 0.1) is 4.92 Å². The Morgan fingerprint density at radius 1 is 1.42 bits per heavy atom. The molecule has 1 aliphatic rings. The van der Waals surface area contributed by atoms with E-state index in [2.05, 4.69) is 27.1 Å². The summed E-state index contributed by atoms with van der Waals surface area (Å²) in [6.45, 7) is 6.29. The maximum atomic E-state index is 10.5. The lowest BCUT2D eigenvalue weighted by atomic mass is 9.99. The van der Waals surface area contributed by atoms with Crippen molar-refractivity contribution in [3.63, 3.8) is 0 Å². The second kappa shape index (κ2) is 6.42. The van der Waals surface area contributed by atoms with E-state index >= 15 is 0 Å². The first-order valence-electron chi connectivity index (χ1n) is 6.58. The topological polar surface area (TPSA) is 84.2 Å². The molecule has 0 amide bonds. The maximum absolute atomic E-state index is 10.5. The molecule has 1 N–H and O–H groups in total. The van der Waals surface area contributed by atoms with E-state index in [0.717, 1.165) is 32.1 Å². The number of nitrogens with zero attached hydrogens (tertiary/aromatic N) is 4. The first kappa shape index (κ1) is 13.7. The Labute approximate surface area is 112 Å². The van der Waals surface area contributed by atoms with E-state index in [1.165, 1.54) is 25.2 Å². The Kier molecular flexibility index (Phi) is 4.62. The monoisotopic (exact) mass is 265 g/mol. The van der Waals surface area contributed by atoms with Crippen LogP contribution in [-0.2, 0) is 0 Å². The van der Waals surface area contributed by atoms with Crippen LogP contribution in [0.2, 0.25) is 0 Å². The molecule has 1 fully saturated rings. The molecule has 0 bridgehead atoms. The predicted octanol–water partition coefficient (Wildman–Crippen LogP) is 1.53. The number of aromatic nitrogens is 2. The minimum absolute atomic E-state index is 0.0874. The first-order valence-corrected chi connectivity index (χ1v) is 6.58. The molecule has 0 unspecified atom stereocenters. The Bertz CT molecular complexity index is 415. The molecule has 0 atom stereocenters. The number of likely N-dealkylation sites (tertiary alicyclic amines) is 1. The van der Waals surface area contributed by atoms with E-state index in [4.69, 9.17) is 0 Å². The molecule has 0 radical (unpaired) electrons. The number of rotatable bonds is 5. The molecule has 2 rings (SSSR count). The Morgan fingerprint density at radius 3 is 2.63 bits per heavy atom. The van der Waals surface area contributed by atoms with Crippen LogP contribution >= 0.6 is 0 Å². The molecule has 0 spiro atoms. The molecule has 19 heavy (non-hydrogen) atoms. The summed E-state index contributed by atoms with van der Waals surface area (Å²) < 4.78 is 0. The SMILES string of the molecule is CC1CCN(CCNc2ncc([N+](=O)[O-])cn2)CC1. The zero-order valence-corrected chi connectivity index (χ0v) is 11.1. The summed E-state index contributed by atoms with van der Waals surface area (Å²) in [7, 11) is 0. The van der Waals surface area contributed by atoms with Crippen molar-refractivity contribution < 1.29 is 4.92 Å². The summed E-state index contributed by atoms with van der Waals surface area (Å²) in [6, 6.07) is 0. The van der Waals surface area contributed by atoms with Crippen LogP contribution in [0, 0.1) is 16.0 Å². The van der Waals surface area contributed by atoms with E-state index in [1.807, 2.05) is 0 Å². The quantitative estimate of drug-likeness (QED) is 0.642. The van der Waals surface area contributed by atoms with Gasteiger partial charge in [0.2, 0.25) is 5.95 Å². The minimum Gasteiger partial charge on any atom is -0.353 e. The lowest BCUT2D eigenvalue weighted by molar-refractivity contribution is -0.385. The predicted molar refractivity (Wildman–Crippen MR) is 72.0 cm³/mol. The minimum atomic E-state index is -0.501. The van der Waals surface area contributed by atoms with Gasteiger partial charge in [-0.05, 0) is 31.8 Å². The summed E-state index contributed by atoms with van der Waals surface area (Å²) in [4.78, 5) is 20.2. The average molecular weight is 265 g/mol. The molecule has 1 aliphatic heterocycles. The van der Waals surface area contributed by atoms with Crippen molar-refractivity contribution in [2.75, 3.05) is 31.5 Å². The second-order valence-electron chi connectivity index (χ2n) is 4.97. The normalized spacial score (nSPS) is 17.3. The summed E-state index contributed by atoms with van der Waals surface area (Å²) in [5.41, 5.74) is -0.0874. The zero-order valence-electron chi connectivity index (χ0n) is 11.1. The number of hydrogen-bond acceptors (Lipinski definition) is 6. The molecular formula is C12H19N5O2. The van der Waals surface area contributed by atoms with Gasteiger partial charge < -0.3 is 10.2 Å². The van der Waals surface area contributed by atoms with Crippen LogP contribution in [0.4, 0.5) is 11.6 Å². The average Bonchev–Trinajstić information content (AvgIpc) is 2.41. The largest absolute Gasteiger partial charge is 0.353 e. The van der Waals surface area contributed by atoms with Crippen molar-refractivity contribution in [1.82, 2.24) is 14.9 Å². The molecule has 0 aliphatic carbocycles. The molecule has 0 saturated carbocycles. The molecule has 2 heterocycles. The number of hydrogen-bond donors (Lipinski definition) is 1. The van der Waals surface area contributed by atoms with Crippen molar-refractivity contribution in [3.05, 3.63) is 22.5 Å². The molecule has 1 aromatic heterocycles. The van der Waals surface area contributed by atoms with E-state index in [9.17, 15) is 10.1 Å². The summed E-state index contributed by atoms with van der Waals surface area (Å²) in [6.07, 6.45) is 4.96. The van der Waals surface area contributed by atoms with Gasteiger partial charge in [0, 0.05) is 13.1 Å². The van der Waals surface area contributed by atoms with Gasteiger partial charge in [-0.15, -0.1) is 0 Å². The fourth-order valence-electron chi connectivity index (χ4n) is 2.12. The van der Waals surface area contributed by atoms with Gasteiger partial charge >= 0.3 is 5.69 Å². The second-order valence-corrected chi connectivity index (χ2v) is 4.97. The fraction of sp³-hybridized carbons (Fsp3) is 0.667. The van der Waals surface area contributed by atoms with Crippen LogP contribution in [-0.4, -0.2) is 46.0 Å². The Morgan fingerprint density at radius 2 is 2.05 bits per heavy atom. The van der Waals surface area contributed by atoms with Crippen molar-refractivity contribution in [1.29, 1.82) is 0 Å². The van der Waals surface area contributed by atoms with E-state index in [-0.39, 0.29) is 5.69 Å². The van der Waals surface area contributed by atoms with E-state index < -0.39 is 4.92 Å². The van der Waals surface area contributed by atoms with E-state index in [1.54, 1.807) is 0 Å². The molecule has 104 valence electrons. The standard InChI is InChI=1S/C12H19N5O2/c1-10-2-5-16(6-3-10)7-4-13-12-14-8-11(9-15-12)17(18)19/h8-10H,2-7H2,1H3,(H,13,14,15). The van der Waals surface area contributed by atoms with Gasteiger partial charge in [0.25, 0.3) is 0 Å². The van der Waals surface area contributed by atoms with Crippen LogP contribution in [0.1, 0.15) is 19.8 Å². The highest BCUT2D eigenvalue weighted by Crippen LogP contribution is 2.15. The Hall–Kier alpha value is -1.76. The summed E-state index contributed by atoms with van der Waals surface area (Å²) in [5, 5.41) is 13.5. The smallest absolute Gasteiger partial charge is 0.305 e. The van der Waals surface area contributed by atoms with E-state index in [0.29, 0.717) is 5.95 Å². The molecule has 7 nitrogen and oxygen atoms in total. The highest BCUT2D eigenvalue weighted by molar-refractivity contribution is 5.30. The van der Waals surface area contributed by atoms with Crippen molar-refractivity contribution in [2.24, 2.45) is 5.92 Å². The third-order valence-electron chi connectivity index (χ3n) is 3.44. The maximum Gasteiger partial charge on any atom is 0.305 e. The number of nitro groups is 1. The highest BCUT2D eigenvalue weighted by atomic mass is 16.6. The number of piperidine rings is 1. The zero-order chi connectivity index (χ0) is 13.7. The summed E-state index contributed by atoms with van der Waals surface area (Å²) >= 11 is 0. The van der Waals surface area contributed by atoms with Crippen molar-refractivity contribution in [2.45, 2.75) is 19.8 Å². The number of nitrogens with one attached hydrogen (secondary N) is 1. The van der Waals surface area contributed by atoms with Gasteiger partial charge in [0.15, 0.2) is 0 Å². The third-order valence-corrected chi connectivity index (χ3v) is 3.44. The molecule has 1 saturated heterocycles. The van der Waals surface area contributed by atoms with Gasteiger partial charge in [-0.3, -0.25) is 10.1 Å². The van der Waals surface area contributed by atoms with Gasteiger partial charge in [-0.1, -0.05) is 6.92 Å². The summed E-state index contributed by atoms with van der Waals surface area (Å²) in [5.74, 6) is 1.28. The molecule has 7 heteroatoms.